The fourth-order valence-corrected chi connectivity index (χ4v) is 6.75. The summed E-state index contributed by atoms with van der Waals surface area (Å²) in [4.78, 5) is 24.4. The van der Waals surface area contributed by atoms with Crippen LogP contribution in [0.5, 0.6) is 0 Å². The summed E-state index contributed by atoms with van der Waals surface area (Å²) in [7, 11) is 5.70. The summed E-state index contributed by atoms with van der Waals surface area (Å²) < 4.78 is 41.2. The molecule has 0 bridgehead atoms. The number of aromatic nitrogens is 2. The van der Waals surface area contributed by atoms with Crippen molar-refractivity contribution in [2.75, 3.05) is 74.6 Å². The second-order valence-electron chi connectivity index (χ2n) is 11.7. The third-order valence-electron chi connectivity index (χ3n) is 8.78. The molecule has 12 nitrogen and oxygen atoms in total. The zero-order valence-electron chi connectivity index (χ0n) is 29.4. The molecule has 2 N–H and O–H groups in total. The average molecular weight is 771 g/mol. The van der Waals surface area contributed by atoms with Crippen molar-refractivity contribution < 1.29 is 75.5 Å². The molecule has 2 atom stereocenters. The van der Waals surface area contributed by atoms with Crippen LogP contribution >= 0.6 is 0 Å². The molecule has 1 radical (unpaired) electrons. The van der Waals surface area contributed by atoms with E-state index in [-0.39, 0.29) is 38.6 Å². The second kappa shape index (κ2) is 19.3. The number of hydrogen-bond acceptors (Lipinski definition) is 8. The van der Waals surface area contributed by atoms with Crippen LogP contribution in [0, 0.1) is 0 Å². The van der Waals surface area contributed by atoms with E-state index in [1.165, 1.54) is 7.11 Å². The Morgan fingerprint density at radius 1 is 0.940 bits per heavy atom. The molecule has 5 aromatic rings. The molecule has 0 spiro atoms. The van der Waals surface area contributed by atoms with Crippen LogP contribution in [0.3, 0.4) is 0 Å². The van der Waals surface area contributed by atoms with Gasteiger partial charge in [-0.25, -0.2) is 0 Å². The fourth-order valence-electron chi connectivity index (χ4n) is 6.75. The molecule has 2 aromatic heterocycles. The number of H-pyrrole nitrogens is 1. The van der Waals surface area contributed by atoms with Gasteiger partial charge in [-0.15, -0.1) is 7.05 Å². The summed E-state index contributed by atoms with van der Waals surface area (Å²) in [5.74, 6) is -0.129. The number of ether oxygens (including phenoxy) is 5. The van der Waals surface area contributed by atoms with E-state index in [4.69, 9.17) is 23.7 Å². The number of fused-ring (bicyclic) bond motifs is 10. The number of rotatable bonds is 12. The van der Waals surface area contributed by atoms with E-state index in [0.717, 1.165) is 75.5 Å². The van der Waals surface area contributed by atoms with Gasteiger partial charge in [0.1, 0.15) is 5.72 Å². The van der Waals surface area contributed by atoms with Crippen LogP contribution in [-0.2, 0) is 71.9 Å². The Hall–Kier alpha value is -2.56. The van der Waals surface area contributed by atoms with Gasteiger partial charge < -0.3 is 48.9 Å². The summed E-state index contributed by atoms with van der Waals surface area (Å²) in [6.07, 6.45) is 2.45. The van der Waals surface area contributed by atoms with Crippen molar-refractivity contribution >= 4 is 49.5 Å². The number of nitrogens with one attached hydrogen (secondary N) is 2. The molecular formula is C36H46FN4O8Y-. The molecule has 7 rings (SSSR count). The second-order valence-corrected chi connectivity index (χ2v) is 11.7. The molecule has 0 aliphatic carbocycles. The number of methoxy groups -OCH3 is 1. The van der Waals surface area contributed by atoms with Gasteiger partial charge in [0.05, 0.1) is 68.9 Å². The number of carbonyl (C=O) groups is 1. The Morgan fingerprint density at radius 2 is 1.58 bits per heavy atom. The molecule has 2 aliphatic rings. The number of hydroxylamine groups is 1. The van der Waals surface area contributed by atoms with Crippen LogP contribution in [0.25, 0.3) is 49.1 Å². The molecular weight excluding hydrogens is 724 g/mol. The first kappa shape index (κ1) is 40.2. The van der Waals surface area contributed by atoms with Crippen LogP contribution in [-0.4, -0.2) is 90.1 Å². The standard InChI is InChI=1S/C33H37N3O6.C2H6NO.CH3FO.Y/c1-33(13-7-8-14-42-33)36-24-12-6-4-10-22(24)26-28-27(25-21-9-3-5-11-23(21)34-29(25)30(26)36)31(37)35-32(28)41-20-19-40-18-17-39-16-15-38-2;1-3-4-2;1-3-2;/h3-6,9-12,32,34H,7-8,13-20H2,1-2H3,(H,35,37);1-2H3;1H3;/q;-1;;/t32?,33-;;;/m0.../s1. The van der Waals surface area contributed by atoms with Gasteiger partial charge in [-0.05, 0) is 42.8 Å². The summed E-state index contributed by atoms with van der Waals surface area (Å²) >= 11 is 0. The molecule has 269 valence electrons. The van der Waals surface area contributed by atoms with Crippen molar-refractivity contribution in [3.8, 4) is 0 Å². The smallest absolute Gasteiger partial charge is 0.254 e. The van der Waals surface area contributed by atoms with Crippen LogP contribution < -0.4 is 5.32 Å². The quantitative estimate of drug-likeness (QED) is 0.105. The van der Waals surface area contributed by atoms with E-state index in [1.54, 1.807) is 14.2 Å². The fraction of sp³-hybridized carbons (Fsp3) is 0.472. The monoisotopic (exact) mass is 770 g/mol. The summed E-state index contributed by atoms with van der Waals surface area (Å²) in [6, 6.07) is 16.6. The van der Waals surface area contributed by atoms with Crippen molar-refractivity contribution in [3.63, 3.8) is 0 Å². The third-order valence-corrected chi connectivity index (χ3v) is 8.78. The maximum absolute atomic E-state index is 13.7. The number of para-hydroxylation sites is 2. The zero-order valence-corrected chi connectivity index (χ0v) is 32.2. The van der Waals surface area contributed by atoms with E-state index in [9.17, 15) is 9.32 Å². The van der Waals surface area contributed by atoms with Gasteiger partial charge in [0, 0.05) is 86.2 Å². The molecule has 50 heavy (non-hydrogen) atoms. The van der Waals surface area contributed by atoms with Crippen molar-refractivity contribution in [2.24, 2.45) is 0 Å². The maximum Gasteiger partial charge on any atom is 0.254 e. The Labute approximate surface area is 316 Å². The minimum Gasteiger partial charge on any atom is -0.537 e. The van der Waals surface area contributed by atoms with Gasteiger partial charge in [-0.1, -0.05) is 36.4 Å². The van der Waals surface area contributed by atoms with Gasteiger partial charge in [0.25, 0.3) is 5.91 Å². The predicted molar refractivity (Wildman–Crippen MR) is 186 cm³/mol. The molecule has 1 fully saturated rings. The average Bonchev–Trinajstić information content (AvgIpc) is 3.78. The van der Waals surface area contributed by atoms with E-state index < -0.39 is 12.0 Å². The van der Waals surface area contributed by atoms with Gasteiger partial charge >= 0.3 is 0 Å². The number of amides is 1. The number of nitrogens with zero attached hydrogens (tertiary/aromatic N) is 2. The first-order valence-corrected chi connectivity index (χ1v) is 16.4. The first-order valence-electron chi connectivity index (χ1n) is 16.4. The van der Waals surface area contributed by atoms with E-state index in [0.29, 0.717) is 51.8 Å². The summed E-state index contributed by atoms with van der Waals surface area (Å²) in [5.41, 5.74) is 8.33. The molecule has 4 heterocycles. The predicted octanol–water partition coefficient (Wildman–Crippen LogP) is 6.81. The maximum atomic E-state index is 13.7. The van der Waals surface area contributed by atoms with Crippen LogP contribution in [0.4, 0.5) is 4.53 Å². The van der Waals surface area contributed by atoms with E-state index >= 15 is 0 Å². The largest absolute Gasteiger partial charge is 0.537 e. The normalized spacial score (nSPS) is 18.4. The molecule has 14 heteroatoms. The minimum atomic E-state index is -0.603. The van der Waals surface area contributed by atoms with Crippen LogP contribution in [0.2, 0.25) is 0 Å². The number of benzene rings is 3. The molecule has 2 aliphatic heterocycles. The first-order chi connectivity index (χ1) is 23.9. The van der Waals surface area contributed by atoms with Crippen molar-refractivity contribution in [2.45, 2.75) is 38.1 Å². The minimum absolute atomic E-state index is 0. The SMILES string of the molecule is COCCOCCOCCOC1NC(=O)c2c1c1c3ccccc3n([C@]3(C)CCCCO3)c1c1[nH]c3ccccc3c21.COF.C[N-]OC.[Y]. The Bertz CT molecular complexity index is 1840. The van der Waals surface area contributed by atoms with Gasteiger partial charge in [-0.2, -0.15) is 4.94 Å². The molecule has 1 unspecified atom stereocenters. The molecule has 3 aromatic carbocycles. The van der Waals surface area contributed by atoms with E-state index in [2.05, 4.69) is 73.4 Å². The number of hydrogen-bond donors (Lipinski definition) is 2. The molecule has 1 saturated heterocycles. The van der Waals surface area contributed by atoms with Crippen LogP contribution in [0.1, 0.15) is 48.3 Å². The Morgan fingerprint density at radius 3 is 2.24 bits per heavy atom. The molecule has 1 amide bonds. The van der Waals surface area contributed by atoms with Gasteiger partial charge in [0.2, 0.25) is 0 Å². The van der Waals surface area contributed by atoms with Gasteiger partial charge in [-0.3, -0.25) is 4.79 Å². The van der Waals surface area contributed by atoms with Crippen molar-refractivity contribution in [1.29, 1.82) is 0 Å². The number of carbonyl (C=O) groups excluding carboxylic acids is 1. The Balaban J connectivity index is 0.000000647. The number of halogens is 1. The summed E-state index contributed by atoms with van der Waals surface area (Å²) in [6.45, 7) is 5.68. The number of aromatic amines is 1. The third kappa shape index (κ3) is 8.39. The Kier molecular flexibility index (Phi) is 15.5. The van der Waals surface area contributed by atoms with Crippen molar-refractivity contribution in [1.82, 2.24) is 14.9 Å². The van der Waals surface area contributed by atoms with Crippen molar-refractivity contribution in [3.05, 3.63) is 65.1 Å². The van der Waals surface area contributed by atoms with E-state index in [1.807, 2.05) is 12.1 Å². The van der Waals surface area contributed by atoms with Gasteiger partial charge in [0.15, 0.2) is 6.23 Å². The summed E-state index contributed by atoms with van der Waals surface area (Å²) in [5, 5.41) is 7.17. The zero-order chi connectivity index (χ0) is 34.8. The molecule has 0 saturated carbocycles. The topological polar surface area (TPSA) is 129 Å². The van der Waals surface area contributed by atoms with Crippen LogP contribution in [0.15, 0.2) is 48.5 Å².